The summed E-state index contributed by atoms with van der Waals surface area (Å²) in [6.45, 7) is 6.41. The number of nitrogens with zero attached hydrogens (tertiary/aromatic N) is 1. The van der Waals surface area contributed by atoms with E-state index in [9.17, 15) is 4.79 Å². The van der Waals surface area contributed by atoms with Gasteiger partial charge in [0.2, 0.25) is 0 Å². The van der Waals surface area contributed by atoms with Crippen LogP contribution in [0.4, 0.5) is 0 Å². The van der Waals surface area contributed by atoms with Gasteiger partial charge < -0.3 is 9.74 Å². The molecule has 2 aromatic carbocycles. The number of piperidine rings is 1. The zero-order valence-corrected chi connectivity index (χ0v) is 14.8. The summed E-state index contributed by atoms with van der Waals surface area (Å²) < 4.78 is 0. The Morgan fingerprint density at radius 1 is 1.08 bits per heavy atom. The lowest BCUT2D eigenvalue weighted by molar-refractivity contribution is -0.940. The number of carbonyl (C=O) groups is 1. The number of quaternary nitrogens is 1. The van der Waals surface area contributed by atoms with Crippen LogP contribution in [0.3, 0.4) is 0 Å². The van der Waals surface area contributed by atoms with Gasteiger partial charge in [0.15, 0.2) is 0 Å². The predicted molar refractivity (Wildman–Crippen MR) is 98.5 cm³/mol. The highest BCUT2D eigenvalue weighted by Gasteiger charge is 2.32. The van der Waals surface area contributed by atoms with Crippen LogP contribution >= 0.6 is 0 Å². The molecule has 0 radical (unpaired) electrons. The summed E-state index contributed by atoms with van der Waals surface area (Å²) in [6, 6.07) is 20.0. The topological polar surface area (TPSA) is 43.1 Å². The number of rotatable bonds is 4. The molecule has 1 aliphatic heterocycles. The second-order valence-corrected chi connectivity index (χ2v) is 6.86. The van der Waals surface area contributed by atoms with E-state index in [0.29, 0.717) is 17.5 Å². The Morgan fingerprint density at radius 3 is 2.40 bits per heavy atom. The number of hydrogen-bond acceptors (Lipinski definition) is 3. The number of oxime groups is 1. The highest BCUT2D eigenvalue weighted by atomic mass is 16.7. The van der Waals surface area contributed by atoms with Crippen molar-refractivity contribution >= 4 is 11.7 Å². The second-order valence-electron chi connectivity index (χ2n) is 6.86. The third-order valence-electron chi connectivity index (χ3n) is 4.88. The van der Waals surface area contributed by atoms with Crippen molar-refractivity contribution in [1.82, 2.24) is 0 Å². The predicted octanol–water partition coefficient (Wildman–Crippen LogP) is 2.71. The number of hydrogen-bond donors (Lipinski definition) is 1. The fourth-order valence-electron chi connectivity index (χ4n) is 3.33. The summed E-state index contributed by atoms with van der Waals surface area (Å²) in [7, 11) is 0. The van der Waals surface area contributed by atoms with E-state index in [1.807, 2.05) is 24.3 Å². The van der Waals surface area contributed by atoms with Crippen molar-refractivity contribution < 1.29 is 14.5 Å². The van der Waals surface area contributed by atoms with Gasteiger partial charge in [-0.2, -0.15) is 0 Å². The zero-order valence-electron chi connectivity index (χ0n) is 14.8. The van der Waals surface area contributed by atoms with Gasteiger partial charge in [0.05, 0.1) is 23.9 Å². The van der Waals surface area contributed by atoms with E-state index >= 15 is 0 Å². The molecule has 0 saturated carbocycles. The minimum absolute atomic E-state index is 0.304. The quantitative estimate of drug-likeness (QED) is 0.689. The maximum Gasteiger partial charge on any atom is 0.365 e. The molecule has 25 heavy (non-hydrogen) atoms. The smallest absolute Gasteiger partial charge is 0.328 e. The van der Waals surface area contributed by atoms with E-state index in [-0.39, 0.29) is 0 Å². The van der Waals surface area contributed by atoms with E-state index in [1.165, 1.54) is 5.56 Å². The summed E-state index contributed by atoms with van der Waals surface area (Å²) in [5.41, 5.74) is 2.86. The minimum Gasteiger partial charge on any atom is -0.328 e. The van der Waals surface area contributed by atoms with Crippen molar-refractivity contribution in [3.05, 3.63) is 71.8 Å². The molecule has 1 heterocycles. The Balaban J connectivity index is 1.61. The van der Waals surface area contributed by atoms with Crippen LogP contribution in [0.15, 0.2) is 65.8 Å². The molecule has 1 fully saturated rings. The molecule has 4 heteroatoms. The summed E-state index contributed by atoms with van der Waals surface area (Å²) in [6.07, 6.45) is 0.853. The first-order chi connectivity index (χ1) is 12.1. The maximum atomic E-state index is 12.0. The molecule has 130 valence electrons. The SMILES string of the molecule is C[C@@H]1C[NH+](Cc2ccccc2)[C@H](C)C/C1=N/OC(=O)c1ccccc1. The number of carbonyl (C=O) groups excluding carboxylic acids is 1. The van der Waals surface area contributed by atoms with Gasteiger partial charge in [-0.3, -0.25) is 0 Å². The summed E-state index contributed by atoms with van der Waals surface area (Å²) in [5.74, 6) is -0.0921. The molecule has 0 aromatic heterocycles. The Labute approximate surface area is 149 Å². The Bertz CT molecular complexity index is 728. The van der Waals surface area contributed by atoms with Crippen LogP contribution in [0.5, 0.6) is 0 Å². The van der Waals surface area contributed by atoms with Gasteiger partial charge in [0.1, 0.15) is 6.54 Å². The van der Waals surface area contributed by atoms with E-state index in [2.05, 4.69) is 43.3 Å². The number of likely N-dealkylation sites (tertiary alicyclic amines) is 1. The molecule has 0 spiro atoms. The molecular formula is C21H25N2O2+. The Kier molecular flexibility index (Phi) is 5.61. The molecule has 4 nitrogen and oxygen atoms in total. The van der Waals surface area contributed by atoms with Crippen molar-refractivity contribution in [2.24, 2.45) is 11.1 Å². The van der Waals surface area contributed by atoms with E-state index in [0.717, 1.165) is 25.2 Å². The molecule has 1 N–H and O–H groups in total. The van der Waals surface area contributed by atoms with Crippen LogP contribution in [0.1, 0.15) is 36.2 Å². The molecule has 0 aliphatic carbocycles. The molecule has 1 unspecified atom stereocenters. The third-order valence-corrected chi connectivity index (χ3v) is 4.88. The maximum absolute atomic E-state index is 12.0. The van der Waals surface area contributed by atoms with Crippen molar-refractivity contribution in [2.45, 2.75) is 32.9 Å². The normalized spacial score (nSPS) is 24.9. The van der Waals surface area contributed by atoms with Crippen LogP contribution in [0.25, 0.3) is 0 Å². The van der Waals surface area contributed by atoms with Gasteiger partial charge in [0, 0.05) is 17.9 Å². The highest BCUT2D eigenvalue weighted by Crippen LogP contribution is 2.11. The first-order valence-corrected chi connectivity index (χ1v) is 8.85. The second kappa shape index (κ2) is 8.08. The monoisotopic (exact) mass is 337 g/mol. The van der Waals surface area contributed by atoms with Crippen LogP contribution in [0, 0.1) is 5.92 Å². The third kappa shape index (κ3) is 4.54. The Hall–Kier alpha value is -2.46. The number of nitrogens with one attached hydrogen (secondary N) is 1. The fraction of sp³-hybridized carbons (Fsp3) is 0.333. The van der Waals surface area contributed by atoms with Gasteiger partial charge in [-0.25, -0.2) is 4.79 Å². The average molecular weight is 337 g/mol. The molecule has 2 aromatic rings. The van der Waals surface area contributed by atoms with Crippen molar-refractivity contribution in [3.8, 4) is 0 Å². The van der Waals surface area contributed by atoms with Crippen LogP contribution in [-0.4, -0.2) is 24.3 Å². The molecule has 1 aliphatic rings. The summed E-state index contributed by atoms with van der Waals surface area (Å²) >= 11 is 0. The van der Waals surface area contributed by atoms with E-state index < -0.39 is 5.97 Å². The fourth-order valence-corrected chi connectivity index (χ4v) is 3.33. The molecule has 0 amide bonds. The van der Waals surface area contributed by atoms with Crippen molar-refractivity contribution in [1.29, 1.82) is 0 Å². The number of benzene rings is 2. The zero-order chi connectivity index (χ0) is 17.6. The van der Waals surface area contributed by atoms with Gasteiger partial charge in [-0.1, -0.05) is 60.6 Å². The van der Waals surface area contributed by atoms with Crippen LogP contribution in [-0.2, 0) is 11.4 Å². The minimum atomic E-state index is -0.396. The molecule has 1 saturated heterocycles. The molecular weight excluding hydrogens is 312 g/mol. The lowest BCUT2D eigenvalue weighted by Crippen LogP contribution is -3.16. The lowest BCUT2D eigenvalue weighted by Gasteiger charge is -2.34. The van der Waals surface area contributed by atoms with Crippen LogP contribution in [0.2, 0.25) is 0 Å². The standard InChI is InChI=1S/C21H24N2O2/c1-16-14-23(15-18-9-5-3-6-10-18)17(2)13-20(16)22-25-21(24)19-11-7-4-8-12-19/h3-12,16-17H,13-15H2,1-2H3/p+1/b22-20-/t16-,17-/m1/s1. The lowest BCUT2D eigenvalue weighted by atomic mass is 9.92. The van der Waals surface area contributed by atoms with Gasteiger partial charge in [0.25, 0.3) is 0 Å². The van der Waals surface area contributed by atoms with E-state index in [4.69, 9.17) is 4.84 Å². The summed E-state index contributed by atoms with van der Waals surface area (Å²) in [4.78, 5) is 18.8. The summed E-state index contributed by atoms with van der Waals surface area (Å²) in [5, 5.41) is 4.19. The molecule has 3 atom stereocenters. The Morgan fingerprint density at radius 2 is 1.72 bits per heavy atom. The van der Waals surface area contributed by atoms with Crippen molar-refractivity contribution in [2.75, 3.05) is 6.54 Å². The van der Waals surface area contributed by atoms with E-state index in [1.54, 1.807) is 17.0 Å². The molecule has 3 rings (SSSR count). The highest BCUT2D eigenvalue weighted by molar-refractivity contribution is 5.91. The average Bonchev–Trinajstić information content (AvgIpc) is 2.64. The first kappa shape index (κ1) is 17.4. The van der Waals surface area contributed by atoms with Gasteiger partial charge >= 0.3 is 5.97 Å². The largest absolute Gasteiger partial charge is 0.365 e. The molecule has 0 bridgehead atoms. The van der Waals surface area contributed by atoms with Gasteiger partial charge in [-0.05, 0) is 19.1 Å². The van der Waals surface area contributed by atoms with Crippen molar-refractivity contribution in [3.63, 3.8) is 0 Å². The van der Waals surface area contributed by atoms with Gasteiger partial charge in [-0.15, -0.1) is 0 Å². The van der Waals surface area contributed by atoms with Crippen LogP contribution < -0.4 is 4.90 Å². The first-order valence-electron chi connectivity index (χ1n) is 8.85.